The van der Waals surface area contributed by atoms with Crippen LogP contribution in [0.2, 0.25) is 0 Å². The van der Waals surface area contributed by atoms with Gasteiger partial charge in [-0.2, -0.15) is 0 Å². The van der Waals surface area contributed by atoms with E-state index in [1.807, 2.05) is 6.92 Å². The van der Waals surface area contributed by atoms with Crippen molar-refractivity contribution in [1.82, 2.24) is 15.1 Å². The second-order valence-electron chi connectivity index (χ2n) is 7.31. The Morgan fingerprint density at radius 3 is 2.83 bits per heavy atom. The maximum Gasteiger partial charge on any atom is 0.237 e. The van der Waals surface area contributed by atoms with E-state index in [9.17, 15) is 4.79 Å². The van der Waals surface area contributed by atoms with Gasteiger partial charge >= 0.3 is 0 Å². The number of rotatable bonds is 5. The van der Waals surface area contributed by atoms with Gasteiger partial charge in [0, 0.05) is 45.2 Å². The molecule has 3 aliphatic rings. The largest absolute Gasteiger partial charge is 0.493 e. The number of hydrogen-bond acceptors (Lipinski definition) is 4. The Kier molecular flexibility index (Phi) is 4.46. The summed E-state index contributed by atoms with van der Waals surface area (Å²) in [5.41, 5.74) is 2.71. The number of fused-ring (bicyclic) bond motifs is 1. The number of benzene rings is 1. The molecule has 1 amide bonds. The highest BCUT2D eigenvalue weighted by molar-refractivity contribution is 5.81. The van der Waals surface area contributed by atoms with E-state index in [-0.39, 0.29) is 11.9 Å². The van der Waals surface area contributed by atoms with E-state index in [0.29, 0.717) is 6.04 Å². The highest BCUT2D eigenvalue weighted by Gasteiger charge is 2.30. The van der Waals surface area contributed by atoms with E-state index >= 15 is 0 Å². The van der Waals surface area contributed by atoms with Crippen LogP contribution in [0.3, 0.4) is 0 Å². The summed E-state index contributed by atoms with van der Waals surface area (Å²) in [5.74, 6) is 1.25. The van der Waals surface area contributed by atoms with Crippen LogP contribution in [0, 0.1) is 0 Å². The standard InChI is InChI=1S/C19H27N3O2/c1-14(19(23)20-17-3-4-17)22-9-7-21(8-10-22)13-15-2-5-18-16(12-15)6-11-24-18/h2,5,12,14,17H,3-4,6-11,13H2,1H3,(H,20,23)/t14-/m0/s1. The highest BCUT2D eigenvalue weighted by Crippen LogP contribution is 2.26. The molecule has 0 spiro atoms. The highest BCUT2D eigenvalue weighted by atomic mass is 16.5. The molecule has 0 aromatic heterocycles. The first-order chi connectivity index (χ1) is 11.7. The van der Waals surface area contributed by atoms with Gasteiger partial charge in [0.2, 0.25) is 5.91 Å². The van der Waals surface area contributed by atoms with Crippen molar-refractivity contribution < 1.29 is 9.53 Å². The summed E-state index contributed by atoms with van der Waals surface area (Å²) in [6.07, 6.45) is 3.33. The first-order valence-corrected chi connectivity index (χ1v) is 9.20. The molecule has 1 saturated carbocycles. The summed E-state index contributed by atoms with van der Waals surface area (Å²) in [5, 5.41) is 3.12. The summed E-state index contributed by atoms with van der Waals surface area (Å²) in [7, 11) is 0. The van der Waals surface area contributed by atoms with Gasteiger partial charge in [0.1, 0.15) is 5.75 Å². The molecular weight excluding hydrogens is 302 g/mol. The second-order valence-corrected chi connectivity index (χ2v) is 7.31. The van der Waals surface area contributed by atoms with E-state index in [1.54, 1.807) is 0 Å². The first-order valence-electron chi connectivity index (χ1n) is 9.20. The molecule has 1 aliphatic carbocycles. The van der Waals surface area contributed by atoms with Gasteiger partial charge in [0.05, 0.1) is 12.6 Å². The molecule has 130 valence electrons. The van der Waals surface area contributed by atoms with Gasteiger partial charge < -0.3 is 10.1 Å². The number of nitrogens with one attached hydrogen (secondary N) is 1. The van der Waals surface area contributed by atoms with Crippen LogP contribution in [0.1, 0.15) is 30.9 Å². The van der Waals surface area contributed by atoms with Crippen LogP contribution in [0.15, 0.2) is 18.2 Å². The Morgan fingerprint density at radius 1 is 1.29 bits per heavy atom. The molecule has 5 nitrogen and oxygen atoms in total. The molecule has 1 atom stereocenters. The molecule has 24 heavy (non-hydrogen) atoms. The summed E-state index contributed by atoms with van der Waals surface area (Å²) < 4.78 is 5.58. The predicted molar refractivity (Wildman–Crippen MR) is 93.1 cm³/mol. The minimum Gasteiger partial charge on any atom is -0.493 e. The van der Waals surface area contributed by atoms with Crippen LogP contribution in [-0.4, -0.2) is 60.6 Å². The normalized spacial score (nSPS) is 22.7. The van der Waals surface area contributed by atoms with Crippen molar-refractivity contribution in [3.8, 4) is 5.75 Å². The third-order valence-electron chi connectivity index (χ3n) is 5.42. The third kappa shape index (κ3) is 3.57. The van der Waals surface area contributed by atoms with Crippen LogP contribution in [0.5, 0.6) is 5.75 Å². The summed E-state index contributed by atoms with van der Waals surface area (Å²) in [4.78, 5) is 17.0. The van der Waals surface area contributed by atoms with Crippen molar-refractivity contribution in [2.75, 3.05) is 32.8 Å². The average Bonchev–Trinajstić information content (AvgIpc) is 3.29. The van der Waals surface area contributed by atoms with Crippen LogP contribution in [-0.2, 0) is 17.8 Å². The number of amides is 1. The molecule has 0 unspecified atom stereocenters. The molecule has 2 fully saturated rings. The van der Waals surface area contributed by atoms with E-state index < -0.39 is 0 Å². The van der Waals surface area contributed by atoms with E-state index in [1.165, 1.54) is 11.1 Å². The molecule has 2 aliphatic heterocycles. The van der Waals surface area contributed by atoms with Crippen molar-refractivity contribution in [2.24, 2.45) is 0 Å². The fourth-order valence-corrected chi connectivity index (χ4v) is 3.62. The second kappa shape index (κ2) is 6.73. The van der Waals surface area contributed by atoms with Crippen molar-refractivity contribution in [3.05, 3.63) is 29.3 Å². The van der Waals surface area contributed by atoms with Crippen molar-refractivity contribution in [2.45, 2.75) is 44.8 Å². The lowest BCUT2D eigenvalue weighted by atomic mass is 10.1. The SMILES string of the molecule is C[C@@H](C(=O)NC1CC1)N1CCN(Cc2ccc3c(c2)CCO3)CC1. The zero-order valence-corrected chi connectivity index (χ0v) is 14.5. The minimum absolute atomic E-state index is 0.00936. The molecule has 1 aromatic carbocycles. The monoisotopic (exact) mass is 329 g/mol. The summed E-state index contributed by atoms with van der Waals surface area (Å²) in [6, 6.07) is 7.02. The maximum atomic E-state index is 12.2. The number of ether oxygens (including phenoxy) is 1. The Labute approximate surface area is 144 Å². The fraction of sp³-hybridized carbons (Fsp3) is 0.632. The zero-order chi connectivity index (χ0) is 16.5. The molecule has 0 radical (unpaired) electrons. The van der Waals surface area contributed by atoms with Crippen molar-refractivity contribution in [3.63, 3.8) is 0 Å². The lowest BCUT2D eigenvalue weighted by Gasteiger charge is -2.37. The maximum absolute atomic E-state index is 12.2. The predicted octanol–water partition coefficient (Wildman–Crippen LogP) is 1.41. The van der Waals surface area contributed by atoms with Crippen LogP contribution in [0.25, 0.3) is 0 Å². The zero-order valence-electron chi connectivity index (χ0n) is 14.5. The Bertz CT molecular complexity index is 607. The number of carbonyl (C=O) groups excluding carboxylic acids is 1. The van der Waals surface area contributed by atoms with Crippen molar-refractivity contribution >= 4 is 5.91 Å². The van der Waals surface area contributed by atoms with Crippen LogP contribution < -0.4 is 10.1 Å². The molecule has 5 heteroatoms. The first kappa shape index (κ1) is 15.9. The molecule has 4 rings (SSSR count). The third-order valence-corrected chi connectivity index (χ3v) is 5.42. The van der Waals surface area contributed by atoms with Gasteiger partial charge in [-0.05, 0) is 37.0 Å². The Balaban J connectivity index is 1.27. The van der Waals surface area contributed by atoms with Crippen LogP contribution in [0.4, 0.5) is 0 Å². The topological polar surface area (TPSA) is 44.8 Å². The lowest BCUT2D eigenvalue weighted by molar-refractivity contribution is -0.126. The van der Waals surface area contributed by atoms with Crippen LogP contribution >= 0.6 is 0 Å². The van der Waals surface area contributed by atoms with Gasteiger partial charge in [0.15, 0.2) is 0 Å². The van der Waals surface area contributed by atoms with Gasteiger partial charge in [-0.1, -0.05) is 12.1 Å². The summed E-state index contributed by atoms with van der Waals surface area (Å²) >= 11 is 0. The molecule has 1 saturated heterocycles. The number of nitrogens with zero attached hydrogens (tertiary/aromatic N) is 2. The quantitative estimate of drug-likeness (QED) is 0.887. The average molecular weight is 329 g/mol. The van der Waals surface area contributed by atoms with Gasteiger partial charge in [-0.3, -0.25) is 14.6 Å². The molecule has 1 aromatic rings. The number of hydrogen-bond donors (Lipinski definition) is 1. The van der Waals surface area contributed by atoms with Gasteiger partial charge in [-0.25, -0.2) is 0 Å². The van der Waals surface area contributed by atoms with E-state index in [2.05, 4.69) is 33.3 Å². The van der Waals surface area contributed by atoms with Gasteiger partial charge in [0.25, 0.3) is 0 Å². The van der Waals surface area contributed by atoms with E-state index in [0.717, 1.165) is 64.3 Å². The Morgan fingerprint density at radius 2 is 2.08 bits per heavy atom. The van der Waals surface area contributed by atoms with E-state index in [4.69, 9.17) is 4.74 Å². The number of piperazine rings is 1. The molecule has 0 bridgehead atoms. The number of carbonyl (C=O) groups is 1. The Hall–Kier alpha value is -1.59. The lowest BCUT2D eigenvalue weighted by Crippen LogP contribution is -2.53. The summed E-state index contributed by atoms with van der Waals surface area (Å²) in [6.45, 7) is 7.82. The van der Waals surface area contributed by atoms with Gasteiger partial charge in [-0.15, -0.1) is 0 Å². The fourth-order valence-electron chi connectivity index (χ4n) is 3.62. The molecule has 2 heterocycles. The smallest absolute Gasteiger partial charge is 0.237 e. The molecular formula is C19H27N3O2. The molecule has 1 N–H and O–H groups in total. The van der Waals surface area contributed by atoms with Crippen molar-refractivity contribution in [1.29, 1.82) is 0 Å². The minimum atomic E-state index is -0.00936.